The number of benzene rings is 2. The molecule has 0 radical (unpaired) electrons. The van der Waals surface area contributed by atoms with Gasteiger partial charge in [0.15, 0.2) is 0 Å². The van der Waals surface area contributed by atoms with Crippen molar-refractivity contribution in [2.75, 3.05) is 13.1 Å². The summed E-state index contributed by atoms with van der Waals surface area (Å²) in [6, 6.07) is 19.5. The normalized spacial score (nSPS) is 10.3. The first-order valence-corrected chi connectivity index (χ1v) is 9.35. The van der Waals surface area contributed by atoms with Crippen LogP contribution in [0.1, 0.15) is 36.8 Å². The fourth-order valence-electron chi connectivity index (χ4n) is 2.75. The smallest absolute Gasteiger partial charge is 0.224 e. The fourth-order valence-corrected chi connectivity index (χ4v) is 2.75. The highest BCUT2D eigenvalue weighted by molar-refractivity contribution is 5.78. The number of amides is 2. The molecule has 0 unspecified atom stereocenters. The zero-order chi connectivity index (χ0) is 18.5. The maximum Gasteiger partial charge on any atom is 0.224 e. The Morgan fingerprint density at radius 2 is 0.962 bits per heavy atom. The van der Waals surface area contributed by atoms with Gasteiger partial charge in [0.05, 0.1) is 12.8 Å². The SMILES string of the molecule is O=C(Cc1ccccc1)NCCCCCCNC(=O)Cc1ccccc1. The minimum atomic E-state index is 0.0735. The van der Waals surface area contributed by atoms with Crippen LogP contribution < -0.4 is 10.6 Å². The molecule has 0 spiro atoms. The van der Waals surface area contributed by atoms with Gasteiger partial charge in [-0.05, 0) is 24.0 Å². The molecule has 2 aromatic carbocycles. The third-order valence-corrected chi connectivity index (χ3v) is 4.16. The van der Waals surface area contributed by atoms with Gasteiger partial charge in [0.25, 0.3) is 0 Å². The van der Waals surface area contributed by atoms with Crippen LogP contribution in [0.25, 0.3) is 0 Å². The monoisotopic (exact) mass is 352 g/mol. The van der Waals surface area contributed by atoms with E-state index in [-0.39, 0.29) is 11.8 Å². The topological polar surface area (TPSA) is 58.2 Å². The fraction of sp³-hybridized carbons (Fsp3) is 0.364. The van der Waals surface area contributed by atoms with Gasteiger partial charge in [0.1, 0.15) is 0 Å². The Morgan fingerprint density at radius 1 is 0.577 bits per heavy atom. The zero-order valence-corrected chi connectivity index (χ0v) is 15.2. The summed E-state index contributed by atoms with van der Waals surface area (Å²) in [6.45, 7) is 1.43. The van der Waals surface area contributed by atoms with Crippen molar-refractivity contribution in [1.82, 2.24) is 10.6 Å². The molecule has 2 amide bonds. The van der Waals surface area contributed by atoms with Crippen molar-refractivity contribution in [1.29, 1.82) is 0 Å². The molecule has 0 saturated heterocycles. The maximum absolute atomic E-state index is 11.8. The summed E-state index contributed by atoms with van der Waals surface area (Å²) in [4.78, 5) is 23.6. The summed E-state index contributed by atoms with van der Waals surface area (Å²) >= 11 is 0. The second-order valence-corrected chi connectivity index (χ2v) is 6.44. The first kappa shape index (κ1) is 19.7. The molecule has 0 aliphatic heterocycles. The van der Waals surface area contributed by atoms with Gasteiger partial charge in [0, 0.05) is 13.1 Å². The molecule has 138 valence electrons. The lowest BCUT2D eigenvalue weighted by atomic mass is 10.1. The Hall–Kier alpha value is -2.62. The minimum Gasteiger partial charge on any atom is -0.356 e. The van der Waals surface area contributed by atoms with Crippen LogP contribution in [-0.4, -0.2) is 24.9 Å². The van der Waals surface area contributed by atoms with Crippen LogP contribution in [0, 0.1) is 0 Å². The quantitative estimate of drug-likeness (QED) is 0.610. The molecular formula is C22H28N2O2. The molecule has 26 heavy (non-hydrogen) atoms. The second-order valence-electron chi connectivity index (χ2n) is 6.44. The van der Waals surface area contributed by atoms with Gasteiger partial charge in [-0.3, -0.25) is 9.59 Å². The van der Waals surface area contributed by atoms with E-state index in [0.717, 1.165) is 36.8 Å². The Labute approximate surface area is 156 Å². The van der Waals surface area contributed by atoms with Crippen molar-refractivity contribution in [3.8, 4) is 0 Å². The zero-order valence-electron chi connectivity index (χ0n) is 15.2. The van der Waals surface area contributed by atoms with Crippen LogP contribution in [-0.2, 0) is 22.4 Å². The molecular weight excluding hydrogens is 324 g/mol. The van der Waals surface area contributed by atoms with E-state index in [1.165, 1.54) is 0 Å². The number of rotatable bonds is 11. The van der Waals surface area contributed by atoms with Crippen molar-refractivity contribution in [3.05, 3.63) is 71.8 Å². The lowest BCUT2D eigenvalue weighted by molar-refractivity contribution is -0.121. The van der Waals surface area contributed by atoms with Crippen LogP contribution >= 0.6 is 0 Å². The van der Waals surface area contributed by atoms with Crippen molar-refractivity contribution in [3.63, 3.8) is 0 Å². The molecule has 2 aromatic rings. The van der Waals surface area contributed by atoms with Gasteiger partial charge in [-0.25, -0.2) is 0 Å². The van der Waals surface area contributed by atoms with Gasteiger partial charge in [-0.1, -0.05) is 73.5 Å². The van der Waals surface area contributed by atoms with E-state index in [2.05, 4.69) is 10.6 Å². The van der Waals surface area contributed by atoms with Crippen LogP contribution in [0.3, 0.4) is 0 Å². The van der Waals surface area contributed by atoms with E-state index in [9.17, 15) is 9.59 Å². The Balaban J connectivity index is 1.43. The van der Waals surface area contributed by atoms with Crippen molar-refractivity contribution < 1.29 is 9.59 Å². The highest BCUT2D eigenvalue weighted by atomic mass is 16.2. The predicted molar refractivity (Wildman–Crippen MR) is 105 cm³/mol. The molecule has 0 heterocycles. The number of carbonyl (C=O) groups excluding carboxylic acids is 2. The molecule has 0 atom stereocenters. The Kier molecular flexibility index (Phi) is 8.98. The lowest BCUT2D eigenvalue weighted by Crippen LogP contribution is -2.26. The molecule has 2 rings (SSSR count). The molecule has 4 nitrogen and oxygen atoms in total. The summed E-state index contributed by atoms with van der Waals surface area (Å²) in [5.41, 5.74) is 2.08. The molecule has 0 saturated carbocycles. The highest BCUT2D eigenvalue weighted by Gasteiger charge is 2.03. The van der Waals surface area contributed by atoms with Gasteiger partial charge < -0.3 is 10.6 Å². The van der Waals surface area contributed by atoms with E-state index in [4.69, 9.17) is 0 Å². The third-order valence-electron chi connectivity index (χ3n) is 4.16. The molecule has 0 bridgehead atoms. The number of carbonyl (C=O) groups is 2. The summed E-state index contributed by atoms with van der Waals surface area (Å²) in [5.74, 6) is 0.147. The van der Waals surface area contributed by atoms with E-state index in [1.54, 1.807) is 0 Å². The molecule has 0 aliphatic carbocycles. The van der Waals surface area contributed by atoms with Gasteiger partial charge in [0.2, 0.25) is 11.8 Å². The van der Waals surface area contributed by atoms with Gasteiger partial charge >= 0.3 is 0 Å². The largest absolute Gasteiger partial charge is 0.356 e. The van der Waals surface area contributed by atoms with E-state index in [0.29, 0.717) is 25.9 Å². The van der Waals surface area contributed by atoms with Crippen LogP contribution in [0.15, 0.2) is 60.7 Å². The highest BCUT2D eigenvalue weighted by Crippen LogP contribution is 2.02. The second kappa shape index (κ2) is 11.9. The summed E-state index contributed by atoms with van der Waals surface area (Å²) in [7, 11) is 0. The van der Waals surface area contributed by atoms with Crippen molar-refractivity contribution >= 4 is 11.8 Å². The average Bonchev–Trinajstić information content (AvgIpc) is 2.65. The van der Waals surface area contributed by atoms with Crippen LogP contribution in [0.5, 0.6) is 0 Å². The van der Waals surface area contributed by atoms with Gasteiger partial charge in [-0.15, -0.1) is 0 Å². The van der Waals surface area contributed by atoms with Gasteiger partial charge in [-0.2, -0.15) is 0 Å². The van der Waals surface area contributed by atoms with E-state index in [1.807, 2.05) is 60.7 Å². The third kappa shape index (κ3) is 8.47. The van der Waals surface area contributed by atoms with Crippen molar-refractivity contribution in [2.45, 2.75) is 38.5 Å². The number of nitrogens with one attached hydrogen (secondary N) is 2. The summed E-state index contributed by atoms with van der Waals surface area (Å²) < 4.78 is 0. The van der Waals surface area contributed by atoms with Crippen molar-refractivity contribution in [2.24, 2.45) is 0 Å². The number of hydrogen-bond donors (Lipinski definition) is 2. The Morgan fingerprint density at radius 3 is 1.35 bits per heavy atom. The molecule has 0 fully saturated rings. The summed E-state index contributed by atoms with van der Waals surface area (Å²) in [5, 5.41) is 5.92. The lowest BCUT2D eigenvalue weighted by Gasteiger charge is -2.07. The molecule has 0 aromatic heterocycles. The van der Waals surface area contributed by atoms with E-state index < -0.39 is 0 Å². The number of hydrogen-bond acceptors (Lipinski definition) is 2. The standard InChI is InChI=1S/C22H28N2O2/c25-21(17-19-11-5-3-6-12-19)23-15-9-1-2-10-16-24-22(26)18-20-13-7-4-8-14-20/h3-8,11-14H,1-2,9-10,15-18H2,(H,23,25)(H,24,26). The predicted octanol–water partition coefficient (Wildman–Crippen LogP) is 3.26. The maximum atomic E-state index is 11.8. The average molecular weight is 352 g/mol. The van der Waals surface area contributed by atoms with E-state index >= 15 is 0 Å². The molecule has 4 heteroatoms. The van der Waals surface area contributed by atoms with Crippen LogP contribution in [0.2, 0.25) is 0 Å². The molecule has 2 N–H and O–H groups in total. The first-order chi connectivity index (χ1) is 12.7. The minimum absolute atomic E-state index is 0.0735. The molecule has 0 aliphatic rings. The summed E-state index contributed by atoms with van der Waals surface area (Å²) in [6.07, 6.45) is 4.93. The first-order valence-electron chi connectivity index (χ1n) is 9.35. The Bertz CT molecular complexity index is 597. The van der Waals surface area contributed by atoms with Crippen LogP contribution in [0.4, 0.5) is 0 Å². The number of unbranched alkanes of at least 4 members (excludes halogenated alkanes) is 3.